The highest BCUT2D eigenvalue weighted by atomic mass is 15.2. The van der Waals surface area contributed by atoms with Crippen molar-refractivity contribution in [2.24, 2.45) is 5.41 Å². The maximum atomic E-state index is 3.39. The fraction of sp³-hybridized carbons (Fsp3) is 0.625. The van der Waals surface area contributed by atoms with Crippen LogP contribution in [0.3, 0.4) is 0 Å². The van der Waals surface area contributed by atoms with Gasteiger partial charge in [0.15, 0.2) is 0 Å². The summed E-state index contributed by atoms with van der Waals surface area (Å²) in [6.45, 7) is 11.3. The van der Waals surface area contributed by atoms with Crippen molar-refractivity contribution in [2.45, 2.75) is 40.2 Å². The minimum Gasteiger partial charge on any atom is -0.370 e. The first-order valence-electron chi connectivity index (χ1n) is 7.27. The highest BCUT2D eigenvalue weighted by Gasteiger charge is 2.39. The molecule has 0 unspecified atom stereocenters. The summed E-state index contributed by atoms with van der Waals surface area (Å²) in [5.74, 6) is 0. The molecule has 0 radical (unpaired) electrons. The molecule has 0 spiro atoms. The molecule has 1 fully saturated rings. The molecule has 0 bridgehead atoms. The Morgan fingerprint density at radius 3 is 2.50 bits per heavy atom. The van der Waals surface area contributed by atoms with Crippen LogP contribution in [0.2, 0.25) is 0 Å². The molecular weight excluding hydrogens is 220 g/mol. The van der Waals surface area contributed by atoms with Gasteiger partial charge in [-0.2, -0.15) is 0 Å². The molecule has 0 saturated carbocycles. The highest BCUT2D eigenvalue weighted by Crippen LogP contribution is 2.39. The zero-order chi connectivity index (χ0) is 13.0. The van der Waals surface area contributed by atoms with Crippen LogP contribution < -0.4 is 10.2 Å². The van der Waals surface area contributed by atoms with Gasteiger partial charge in [0.05, 0.1) is 0 Å². The van der Waals surface area contributed by atoms with E-state index in [1.54, 1.807) is 0 Å². The van der Waals surface area contributed by atoms with Gasteiger partial charge in [-0.25, -0.2) is 0 Å². The Morgan fingerprint density at radius 1 is 1.17 bits per heavy atom. The lowest BCUT2D eigenvalue weighted by atomic mass is 9.75. The molecule has 1 aromatic carbocycles. The van der Waals surface area contributed by atoms with E-state index in [2.05, 4.69) is 55.3 Å². The lowest BCUT2D eigenvalue weighted by Crippen LogP contribution is -2.55. The van der Waals surface area contributed by atoms with E-state index in [0.29, 0.717) is 5.41 Å². The molecular formula is C16H26N2. The summed E-state index contributed by atoms with van der Waals surface area (Å²) in [4.78, 5) is 2.52. The van der Waals surface area contributed by atoms with Gasteiger partial charge in [0, 0.05) is 30.7 Å². The predicted octanol–water partition coefficient (Wildman–Crippen LogP) is 3.42. The second kappa shape index (κ2) is 5.75. The molecule has 2 heteroatoms. The van der Waals surface area contributed by atoms with Crippen molar-refractivity contribution in [3.05, 3.63) is 29.8 Å². The maximum absolute atomic E-state index is 3.39. The van der Waals surface area contributed by atoms with Gasteiger partial charge in [-0.15, -0.1) is 0 Å². The summed E-state index contributed by atoms with van der Waals surface area (Å²) in [5, 5.41) is 3.39. The molecule has 1 aromatic rings. The van der Waals surface area contributed by atoms with Crippen molar-refractivity contribution < 1.29 is 0 Å². The van der Waals surface area contributed by atoms with E-state index in [0.717, 1.165) is 13.1 Å². The molecule has 1 heterocycles. The molecule has 0 aliphatic carbocycles. The SMILES string of the molecule is CCNCc1cccc(N2CC(CC)(CC)C2)c1. The fourth-order valence-corrected chi connectivity index (χ4v) is 2.78. The van der Waals surface area contributed by atoms with Gasteiger partial charge in [-0.05, 0) is 37.1 Å². The largest absolute Gasteiger partial charge is 0.370 e. The lowest BCUT2D eigenvalue weighted by molar-refractivity contribution is 0.194. The summed E-state index contributed by atoms with van der Waals surface area (Å²) in [7, 11) is 0. The molecule has 0 aromatic heterocycles. The zero-order valence-electron chi connectivity index (χ0n) is 12.0. The van der Waals surface area contributed by atoms with Crippen LogP contribution in [0.4, 0.5) is 5.69 Å². The summed E-state index contributed by atoms with van der Waals surface area (Å²) in [6, 6.07) is 8.96. The maximum Gasteiger partial charge on any atom is 0.0369 e. The summed E-state index contributed by atoms with van der Waals surface area (Å²) in [6.07, 6.45) is 2.61. The van der Waals surface area contributed by atoms with E-state index in [4.69, 9.17) is 0 Å². The van der Waals surface area contributed by atoms with Crippen molar-refractivity contribution in [3.63, 3.8) is 0 Å². The molecule has 2 nitrogen and oxygen atoms in total. The molecule has 1 N–H and O–H groups in total. The molecule has 1 aliphatic heterocycles. The average molecular weight is 246 g/mol. The molecule has 2 rings (SSSR count). The van der Waals surface area contributed by atoms with Gasteiger partial charge in [-0.1, -0.05) is 32.9 Å². The normalized spacial score (nSPS) is 17.6. The third-order valence-electron chi connectivity index (χ3n) is 4.41. The van der Waals surface area contributed by atoms with E-state index >= 15 is 0 Å². The molecule has 0 atom stereocenters. The van der Waals surface area contributed by atoms with Gasteiger partial charge in [-0.3, -0.25) is 0 Å². The number of rotatable bonds is 6. The first-order chi connectivity index (χ1) is 8.73. The minimum absolute atomic E-state index is 0.581. The van der Waals surface area contributed by atoms with Crippen LogP contribution in [0.1, 0.15) is 39.2 Å². The van der Waals surface area contributed by atoms with Crippen molar-refractivity contribution in [3.8, 4) is 0 Å². The van der Waals surface area contributed by atoms with E-state index in [9.17, 15) is 0 Å². The number of anilines is 1. The highest BCUT2D eigenvalue weighted by molar-refractivity contribution is 5.51. The summed E-state index contributed by atoms with van der Waals surface area (Å²) in [5.41, 5.74) is 3.36. The van der Waals surface area contributed by atoms with Crippen molar-refractivity contribution in [2.75, 3.05) is 24.5 Å². The summed E-state index contributed by atoms with van der Waals surface area (Å²) >= 11 is 0. The van der Waals surface area contributed by atoms with Gasteiger partial charge in [0.1, 0.15) is 0 Å². The Labute approximate surface area is 111 Å². The van der Waals surface area contributed by atoms with Gasteiger partial charge in [0.2, 0.25) is 0 Å². The van der Waals surface area contributed by atoms with E-state index < -0.39 is 0 Å². The topological polar surface area (TPSA) is 15.3 Å². The Kier molecular flexibility index (Phi) is 4.28. The van der Waals surface area contributed by atoms with Crippen LogP contribution in [0, 0.1) is 5.41 Å². The number of hydrogen-bond donors (Lipinski definition) is 1. The number of nitrogens with zero attached hydrogens (tertiary/aromatic N) is 1. The number of nitrogens with one attached hydrogen (secondary N) is 1. The van der Waals surface area contributed by atoms with Crippen LogP contribution in [-0.4, -0.2) is 19.6 Å². The van der Waals surface area contributed by atoms with Crippen LogP contribution in [-0.2, 0) is 6.54 Å². The first kappa shape index (κ1) is 13.4. The monoisotopic (exact) mass is 246 g/mol. The van der Waals surface area contributed by atoms with E-state index in [-0.39, 0.29) is 0 Å². The third-order valence-corrected chi connectivity index (χ3v) is 4.41. The van der Waals surface area contributed by atoms with Crippen molar-refractivity contribution >= 4 is 5.69 Å². The Bertz CT molecular complexity index is 374. The average Bonchev–Trinajstić information content (AvgIpc) is 2.37. The molecule has 1 saturated heterocycles. The number of hydrogen-bond acceptors (Lipinski definition) is 2. The second-order valence-electron chi connectivity index (χ2n) is 5.51. The van der Waals surface area contributed by atoms with Crippen molar-refractivity contribution in [1.82, 2.24) is 5.32 Å². The van der Waals surface area contributed by atoms with E-state index in [1.165, 1.54) is 37.2 Å². The van der Waals surface area contributed by atoms with Crippen LogP contribution in [0.15, 0.2) is 24.3 Å². The zero-order valence-corrected chi connectivity index (χ0v) is 12.0. The number of benzene rings is 1. The van der Waals surface area contributed by atoms with Crippen molar-refractivity contribution in [1.29, 1.82) is 0 Å². The van der Waals surface area contributed by atoms with Crippen LogP contribution >= 0.6 is 0 Å². The molecule has 18 heavy (non-hydrogen) atoms. The fourth-order valence-electron chi connectivity index (χ4n) is 2.78. The smallest absolute Gasteiger partial charge is 0.0369 e. The third kappa shape index (κ3) is 2.69. The molecule has 0 amide bonds. The molecule has 1 aliphatic rings. The van der Waals surface area contributed by atoms with Gasteiger partial charge >= 0.3 is 0 Å². The predicted molar refractivity (Wildman–Crippen MR) is 79.1 cm³/mol. The standard InChI is InChI=1S/C16H26N2/c1-4-16(5-2)12-18(13-16)15-9-7-8-14(10-15)11-17-6-3/h7-10,17H,4-6,11-13H2,1-3H3. The van der Waals surface area contributed by atoms with Crippen LogP contribution in [0.25, 0.3) is 0 Å². The quantitative estimate of drug-likeness (QED) is 0.827. The Balaban J connectivity index is 1.98. The van der Waals surface area contributed by atoms with Crippen LogP contribution in [0.5, 0.6) is 0 Å². The lowest BCUT2D eigenvalue weighted by Gasteiger charge is -2.51. The van der Waals surface area contributed by atoms with Gasteiger partial charge < -0.3 is 10.2 Å². The second-order valence-corrected chi connectivity index (χ2v) is 5.51. The molecule has 100 valence electrons. The summed E-state index contributed by atoms with van der Waals surface area (Å²) < 4.78 is 0. The minimum atomic E-state index is 0.581. The Hall–Kier alpha value is -1.02. The first-order valence-corrected chi connectivity index (χ1v) is 7.27. The Morgan fingerprint density at radius 2 is 1.89 bits per heavy atom. The van der Waals surface area contributed by atoms with Gasteiger partial charge in [0.25, 0.3) is 0 Å². The van der Waals surface area contributed by atoms with E-state index in [1.807, 2.05) is 0 Å².